The molecule has 0 aromatic carbocycles. The highest BCUT2D eigenvalue weighted by atomic mass is 16.5. The molecule has 0 radical (unpaired) electrons. The number of aromatic nitrogens is 5. The van der Waals surface area contributed by atoms with Gasteiger partial charge in [0.1, 0.15) is 12.2 Å². The lowest BCUT2D eigenvalue weighted by Gasteiger charge is -2.21. The van der Waals surface area contributed by atoms with Crippen LogP contribution in [-0.4, -0.2) is 42.9 Å². The van der Waals surface area contributed by atoms with E-state index >= 15 is 0 Å². The molecule has 0 saturated carbocycles. The third kappa shape index (κ3) is 2.97. The minimum Gasteiger partial charge on any atom is -0.338 e. The van der Waals surface area contributed by atoms with Crippen LogP contribution in [0.3, 0.4) is 0 Å². The quantitative estimate of drug-likeness (QED) is 0.837. The van der Waals surface area contributed by atoms with Gasteiger partial charge < -0.3 is 9.09 Å². The highest BCUT2D eigenvalue weighted by molar-refractivity contribution is 4.99. The zero-order valence-electron chi connectivity index (χ0n) is 12.9. The van der Waals surface area contributed by atoms with E-state index in [1.54, 1.807) is 6.33 Å². The van der Waals surface area contributed by atoms with E-state index in [0.29, 0.717) is 5.92 Å². The largest absolute Gasteiger partial charge is 0.338 e. The summed E-state index contributed by atoms with van der Waals surface area (Å²) in [5.41, 5.74) is 0. The fourth-order valence-electron chi connectivity index (χ4n) is 2.76. The van der Waals surface area contributed by atoms with Crippen LogP contribution in [0.1, 0.15) is 56.2 Å². The van der Waals surface area contributed by atoms with Crippen LogP contribution in [-0.2, 0) is 6.54 Å². The van der Waals surface area contributed by atoms with Gasteiger partial charge in [-0.3, -0.25) is 4.90 Å². The fourth-order valence-corrected chi connectivity index (χ4v) is 2.76. The first-order chi connectivity index (χ1) is 10.1. The maximum Gasteiger partial charge on any atom is 0.244 e. The Morgan fingerprint density at radius 1 is 1.38 bits per heavy atom. The Hall–Kier alpha value is -1.76. The second kappa shape index (κ2) is 5.93. The SMILES string of the molecule is Cc1nncn1CCN1CCC[C@H]1c1nc(C(C)C)no1. The highest BCUT2D eigenvalue weighted by Gasteiger charge is 2.30. The van der Waals surface area contributed by atoms with Crippen molar-refractivity contribution in [1.29, 1.82) is 0 Å². The molecule has 0 bridgehead atoms. The van der Waals surface area contributed by atoms with E-state index in [2.05, 4.69) is 43.7 Å². The van der Waals surface area contributed by atoms with Crippen molar-refractivity contribution in [3.05, 3.63) is 23.9 Å². The van der Waals surface area contributed by atoms with Gasteiger partial charge in [0.05, 0.1) is 6.04 Å². The third-order valence-corrected chi connectivity index (χ3v) is 4.06. The lowest BCUT2D eigenvalue weighted by atomic mass is 10.2. The molecular formula is C14H22N6O. The van der Waals surface area contributed by atoms with Crippen LogP contribution in [0.25, 0.3) is 0 Å². The number of aryl methyl sites for hydroxylation is 1. The van der Waals surface area contributed by atoms with Crippen molar-refractivity contribution in [1.82, 2.24) is 29.8 Å². The third-order valence-electron chi connectivity index (χ3n) is 4.06. The summed E-state index contributed by atoms with van der Waals surface area (Å²) in [7, 11) is 0. The molecule has 0 unspecified atom stereocenters. The topological polar surface area (TPSA) is 72.9 Å². The number of likely N-dealkylation sites (tertiary alicyclic amines) is 1. The van der Waals surface area contributed by atoms with Crippen molar-refractivity contribution in [2.45, 2.75) is 52.1 Å². The Balaban J connectivity index is 1.66. The Bertz CT molecular complexity index is 590. The van der Waals surface area contributed by atoms with Crippen molar-refractivity contribution in [2.24, 2.45) is 0 Å². The number of hydrogen-bond donors (Lipinski definition) is 0. The van der Waals surface area contributed by atoms with E-state index in [9.17, 15) is 0 Å². The molecule has 3 heterocycles. The Morgan fingerprint density at radius 2 is 2.24 bits per heavy atom. The molecule has 114 valence electrons. The first-order valence-electron chi connectivity index (χ1n) is 7.57. The zero-order valence-corrected chi connectivity index (χ0v) is 12.9. The van der Waals surface area contributed by atoms with E-state index in [1.165, 1.54) is 6.42 Å². The zero-order chi connectivity index (χ0) is 14.8. The van der Waals surface area contributed by atoms with E-state index in [-0.39, 0.29) is 6.04 Å². The summed E-state index contributed by atoms with van der Waals surface area (Å²) >= 11 is 0. The van der Waals surface area contributed by atoms with Crippen LogP contribution in [0, 0.1) is 6.92 Å². The van der Waals surface area contributed by atoms with Crippen LogP contribution < -0.4 is 0 Å². The molecule has 0 N–H and O–H groups in total. The van der Waals surface area contributed by atoms with Gasteiger partial charge in [0.2, 0.25) is 5.89 Å². The van der Waals surface area contributed by atoms with Crippen molar-refractivity contribution in [2.75, 3.05) is 13.1 Å². The predicted molar refractivity (Wildman–Crippen MR) is 76.7 cm³/mol. The van der Waals surface area contributed by atoms with E-state index in [1.807, 2.05) is 6.92 Å². The summed E-state index contributed by atoms with van der Waals surface area (Å²) in [6.45, 7) is 9.04. The summed E-state index contributed by atoms with van der Waals surface area (Å²) in [5.74, 6) is 2.81. The maximum absolute atomic E-state index is 5.47. The molecule has 2 aromatic heterocycles. The molecule has 1 aliphatic heterocycles. The second-order valence-corrected chi connectivity index (χ2v) is 5.91. The Labute approximate surface area is 124 Å². The first-order valence-corrected chi connectivity index (χ1v) is 7.57. The van der Waals surface area contributed by atoms with Crippen molar-refractivity contribution >= 4 is 0 Å². The number of rotatable bonds is 5. The average Bonchev–Trinajstić information content (AvgIpc) is 3.16. The van der Waals surface area contributed by atoms with Gasteiger partial charge in [-0.2, -0.15) is 4.98 Å². The molecule has 7 heteroatoms. The van der Waals surface area contributed by atoms with Gasteiger partial charge in [-0.05, 0) is 26.3 Å². The lowest BCUT2D eigenvalue weighted by molar-refractivity contribution is 0.201. The molecule has 3 rings (SSSR count). The molecule has 1 atom stereocenters. The molecule has 1 aliphatic rings. The van der Waals surface area contributed by atoms with E-state index in [4.69, 9.17) is 4.52 Å². The molecule has 1 fully saturated rings. The summed E-state index contributed by atoms with van der Waals surface area (Å²) in [4.78, 5) is 6.97. The van der Waals surface area contributed by atoms with Gasteiger partial charge in [-0.15, -0.1) is 10.2 Å². The van der Waals surface area contributed by atoms with Gasteiger partial charge in [0.25, 0.3) is 0 Å². The summed E-state index contributed by atoms with van der Waals surface area (Å²) in [5, 5.41) is 12.0. The predicted octanol–water partition coefficient (Wildman–Crippen LogP) is 1.93. The molecular weight excluding hydrogens is 268 g/mol. The molecule has 0 aliphatic carbocycles. The first kappa shape index (κ1) is 14.2. The molecule has 1 saturated heterocycles. The van der Waals surface area contributed by atoms with Gasteiger partial charge in [0.15, 0.2) is 5.82 Å². The van der Waals surface area contributed by atoms with Crippen LogP contribution in [0.5, 0.6) is 0 Å². The summed E-state index contributed by atoms with van der Waals surface area (Å²) < 4.78 is 7.54. The molecule has 7 nitrogen and oxygen atoms in total. The van der Waals surface area contributed by atoms with Gasteiger partial charge in [-0.1, -0.05) is 19.0 Å². The number of hydrogen-bond acceptors (Lipinski definition) is 6. The van der Waals surface area contributed by atoms with E-state index < -0.39 is 0 Å². The standard InChI is InChI=1S/C14H22N6O/c1-10(2)13-16-14(21-18-13)12-5-4-6-19(12)7-8-20-9-15-17-11(20)3/h9-10,12H,4-8H2,1-3H3/t12-/m0/s1. The van der Waals surface area contributed by atoms with Crippen molar-refractivity contribution in [3.63, 3.8) is 0 Å². The van der Waals surface area contributed by atoms with Crippen LogP contribution >= 0.6 is 0 Å². The minimum absolute atomic E-state index is 0.252. The Morgan fingerprint density at radius 3 is 2.90 bits per heavy atom. The van der Waals surface area contributed by atoms with Crippen LogP contribution in [0.2, 0.25) is 0 Å². The summed E-state index contributed by atoms with van der Waals surface area (Å²) in [6, 6.07) is 0.252. The average molecular weight is 290 g/mol. The van der Waals surface area contributed by atoms with Crippen LogP contribution in [0.15, 0.2) is 10.9 Å². The van der Waals surface area contributed by atoms with Gasteiger partial charge >= 0.3 is 0 Å². The molecule has 21 heavy (non-hydrogen) atoms. The monoisotopic (exact) mass is 290 g/mol. The van der Waals surface area contributed by atoms with Crippen LogP contribution in [0.4, 0.5) is 0 Å². The molecule has 0 amide bonds. The van der Waals surface area contributed by atoms with Gasteiger partial charge in [0, 0.05) is 19.0 Å². The minimum atomic E-state index is 0.252. The maximum atomic E-state index is 5.47. The van der Waals surface area contributed by atoms with Crippen molar-refractivity contribution in [3.8, 4) is 0 Å². The number of nitrogens with zero attached hydrogens (tertiary/aromatic N) is 6. The fraction of sp³-hybridized carbons (Fsp3) is 0.714. The van der Waals surface area contributed by atoms with Crippen molar-refractivity contribution < 1.29 is 4.52 Å². The van der Waals surface area contributed by atoms with Gasteiger partial charge in [-0.25, -0.2) is 0 Å². The van der Waals surface area contributed by atoms with E-state index in [0.717, 1.165) is 43.6 Å². The summed E-state index contributed by atoms with van der Waals surface area (Å²) in [6.07, 6.45) is 4.04. The second-order valence-electron chi connectivity index (χ2n) is 5.91. The molecule has 2 aromatic rings. The smallest absolute Gasteiger partial charge is 0.244 e. The Kier molecular flexibility index (Phi) is 4.01. The highest BCUT2D eigenvalue weighted by Crippen LogP contribution is 2.31. The lowest BCUT2D eigenvalue weighted by Crippen LogP contribution is -2.27. The normalized spacial score (nSPS) is 19.7. The molecule has 0 spiro atoms.